The number of hydrogen-bond acceptors (Lipinski definition) is 4. The van der Waals surface area contributed by atoms with Gasteiger partial charge >= 0.3 is 0 Å². The van der Waals surface area contributed by atoms with Gasteiger partial charge in [-0.1, -0.05) is 23.7 Å². The van der Waals surface area contributed by atoms with Gasteiger partial charge in [0.2, 0.25) is 0 Å². The van der Waals surface area contributed by atoms with Crippen molar-refractivity contribution in [3.8, 4) is 0 Å². The molecule has 2 aliphatic heterocycles. The molecule has 4 rings (SSSR count). The van der Waals surface area contributed by atoms with Crippen molar-refractivity contribution < 1.29 is 18.7 Å². The maximum absolute atomic E-state index is 13.8. The van der Waals surface area contributed by atoms with Gasteiger partial charge in [-0.2, -0.15) is 0 Å². The zero-order chi connectivity index (χ0) is 19.7. The molecule has 0 bridgehead atoms. The number of aromatic amines is 1. The van der Waals surface area contributed by atoms with Gasteiger partial charge < -0.3 is 15.0 Å². The first-order valence-electron chi connectivity index (χ1n) is 8.78. The van der Waals surface area contributed by atoms with E-state index in [4.69, 9.17) is 16.3 Å². The van der Waals surface area contributed by atoms with E-state index in [0.29, 0.717) is 24.4 Å². The summed E-state index contributed by atoms with van der Waals surface area (Å²) >= 11 is 6.02. The first kappa shape index (κ1) is 18.5. The van der Waals surface area contributed by atoms with E-state index in [9.17, 15) is 14.0 Å². The number of carbonyl (C=O) groups is 2. The van der Waals surface area contributed by atoms with Crippen LogP contribution in [-0.2, 0) is 9.53 Å². The Morgan fingerprint density at radius 1 is 1.39 bits per heavy atom. The number of azo groups is 1. The van der Waals surface area contributed by atoms with Crippen LogP contribution < -0.4 is 5.32 Å². The first-order valence-corrected chi connectivity index (χ1v) is 9.15. The van der Waals surface area contributed by atoms with Crippen LogP contribution in [0.25, 0.3) is 11.3 Å². The van der Waals surface area contributed by atoms with Crippen LogP contribution >= 0.6 is 11.6 Å². The summed E-state index contributed by atoms with van der Waals surface area (Å²) in [6.45, 7) is 1.14. The molecule has 9 heteroatoms. The molecule has 2 aliphatic rings. The second kappa shape index (κ2) is 7.65. The Morgan fingerprint density at radius 2 is 2.25 bits per heavy atom. The first-order chi connectivity index (χ1) is 13.5. The predicted octanol–water partition coefficient (Wildman–Crippen LogP) is 3.58. The van der Waals surface area contributed by atoms with E-state index in [1.54, 1.807) is 12.3 Å². The summed E-state index contributed by atoms with van der Waals surface area (Å²) in [4.78, 5) is 27.4. The van der Waals surface area contributed by atoms with Crippen molar-refractivity contribution in [2.24, 2.45) is 10.2 Å². The molecule has 0 aliphatic carbocycles. The summed E-state index contributed by atoms with van der Waals surface area (Å²) in [5, 5.41) is 10.1. The fourth-order valence-electron chi connectivity index (χ4n) is 3.21. The van der Waals surface area contributed by atoms with Gasteiger partial charge in [0.1, 0.15) is 17.2 Å². The number of halogens is 2. The Labute approximate surface area is 164 Å². The molecule has 28 heavy (non-hydrogen) atoms. The number of nitrogens with zero attached hydrogens (tertiary/aromatic N) is 2. The van der Waals surface area contributed by atoms with E-state index in [2.05, 4.69) is 20.5 Å². The van der Waals surface area contributed by atoms with Crippen LogP contribution in [0.15, 0.2) is 40.7 Å². The lowest BCUT2D eigenvalue weighted by molar-refractivity contribution is -0.112. The number of nitrogens with one attached hydrogen (secondary N) is 2. The summed E-state index contributed by atoms with van der Waals surface area (Å²) in [5.41, 5.74) is 1.31. The quantitative estimate of drug-likeness (QED) is 0.800. The molecule has 3 heterocycles. The summed E-state index contributed by atoms with van der Waals surface area (Å²) in [5.74, 6) is -1.56. The molecule has 0 radical (unpaired) electrons. The molecule has 0 spiro atoms. The second-order valence-corrected chi connectivity index (χ2v) is 6.86. The number of carbonyl (C=O) groups excluding carboxylic acids is 2. The molecule has 1 fully saturated rings. The van der Waals surface area contributed by atoms with Crippen molar-refractivity contribution in [3.05, 3.63) is 58.1 Å². The van der Waals surface area contributed by atoms with Gasteiger partial charge in [-0.05, 0) is 25.0 Å². The van der Waals surface area contributed by atoms with Crippen LogP contribution in [0, 0.1) is 5.82 Å². The molecule has 1 saturated heterocycles. The van der Waals surface area contributed by atoms with Crippen LogP contribution in [0.5, 0.6) is 0 Å². The smallest absolute Gasteiger partial charge is 0.298 e. The maximum atomic E-state index is 13.8. The second-order valence-electron chi connectivity index (χ2n) is 6.48. The highest BCUT2D eigenvalue weighted by molar-refractivity contribution is 6.37. The Morgan fingerprint density at radius 3 is 3.04 bits per heavy atom. The largest absolute Gasteiger partial charge is 0.376 e. The number of aromatic nitrogens is 1. The number of hydrogen-bond donors (Lipinski definition) is 2. The van der Waals surface area contributed by atoms with Crippen molar-refractivity contribution in [2.75, 3.05) is 13.2 Å². The maximum Gasteiger partial charge on any atom is 0.298 e. The lowest BCUT2D eigenvalue weighted by atomic mass is 10.0. The zero-order valence-corrected chi connectivity index (χ0v) is 15.4. The van der Waals surface area contributed by atoms with Crippen molar-refractivity contribution in [1.29, 1.82) is 0 Å². The molecule has 2 amide bonds. The predicted molar refractivity (Wildman–Crippen MR) is 100 cm³/mol. The third-order valence-electron chi connectivity index (χ3n) is 4.63. The molecule has 0 saturated carbocycles. The number of rotatable bonds is 5. The Hall–Kier alpha value is -2.84. The van der Waals surface area contributed by atoms with Crippen LogP contribution in [-0.4, -0.2) is 36.1 Å². The van der Waals surface area contributed by atoms with E-state index >= 15 is 0 Å². The number of benzene rings is 1. The van der Waals surface area contributed by atoms with E-state index in [-0.39, 0.29) is 33.9 Å². The van der Waals surface area contributed by atoms with Crippen LogP contribution in [0.2, 0.25) is 5.02 Å². The minimum Gasteiger partial charge on any atom is -0.376 e. The SMILES string of the molecule is O=C1N=NC(c2c[nH]c(C(=O)NCC3CCCO3)c2)=C1c1cccc(F)c1Cl. The fourth-order valence-corrected chi connectivity index (χ4v) is 3.43. The summed E-state index contributed by atoms with van der Waals surface area (Å²) in [6, 6.07) is 5.74. The Balaban J connectivity index is 1.60. The number of H-pyrrole nitrogens is 1. The average Bonchev–Trinajstić information content (AvgIpc) is 3.43. The van der Waals surface area contributed by atoms with Crippen LogP contribution in [0.1, 0.15) is 34.5 Å². The van der Waals surface area contributed by atoms with Gasteiger partial charge in [-0.15, -0.1) is 10.2 Å². The third kappa shape index (κ3) is 3.48. The standard InChI is InChI=1S/C19H16ClFN4O3/c20-16-12(4-1-5-13(16)21)15-17(24-25-19(15)27)10-7-14(22-8-10)18(26)23-9-11-3-2-6-28-11/h1,4-5,7-8,11,22H,2-3,6,9H2,(H,23,26). The molecule has 2 aromatic rings. The molecule has 1 atom stereocenters. The summed E-state index contributed by atoms with van der Waals surface area (Å²) in [6.07, 6.45) is 3.49. The monoisotopic (exact) mass is 402 g/mol. The molecular formula is C19H16ClFN4O3. The van der Waals surface area contributed by atoms with Gasteiger partial charge in [0.05, 0.1) is 16.7 Å². The Bertz CT molecular complexity index is 1010. The number of amides is 2. The van der Waals surface area contributed by atoms with Crippen molar-refractivity contribution in [1.82, 2.24) is 10.3 Å². The molecule has 2 N–H and O–H groups in total. The summed E-state index contributed by atoms with van der Waals surface area (Å²) < 4.78 is 19.3. The fraction of sp³-hybridized carbons (Fsp3) is 0.263. The van der Waals surface area contributed by atoms with Gasteiger partial charge in [0.15, 0.2) is 0 Å². The van der Waals surface area contributed by atoms with E-state index in [1.165, 1.54) is 18.2 Å². The molecule has 1 aromatic heterocycles. The van der Waals surface area contributed by atoms with Crippen molar-refractivity contribution in [2.45, 2.75) is 18.9 Å². The van der Waals surface area contributed by atoms with Crippen molar-refractivity contribution >= 4 is 34.7 Å². The molecule has 144 valence electrons. The van der Waals surface area contributed by atoms with Crippen molar-refractivity contribution in [3.63, 3.8) is 0 Å². The molecular weight excluding hydrogens is 387 g/mol. The van der Waals surface area contributed by atoms with Gasteiger partial charge in [0, 0.05) is 30.5 Å². The van der Waals surface area contributed by atoms with Crippen LogP contribution in [0.4, 0.5) is 4.39 Å². The third-order valence-corrected chi connectivity index (χ3v) is 5.01. The molecule has 7 nitrogen and oxygen atoms in total. The number of ether oxygens (including phenoxy) is 1. The van der Waals surface area contributed by atoms with Gasteiger partial charge in [-0.25, -0.2) is 4.39 Å². The minimum absolute atomic E-state index is 0.0315. The highest BCUT2D eigenvalue weighted by Gasteiger charge is 2.28. The lowest BCUT2D eigenvalue weighted by Crippen LogP contribution is -2.31. The highest BCUT2D eigenvalue weighted by atomic mass is 35.5. The van der Waals surface area contributed by atoms with E-state index in [1.807, 2.05) is 0 Å². The van der Waals surface area contributed by atoms with Crippen LogP contribution in [0.3, 0.4) is 0 Å². The normalized spacial score (nSPS) is 18.9. The highest BCUT2D eigenvalue weighted by Crippen LogP contribution is 2.37. The average molecular weight is 403 g/mol. The lowest BCUT2D eigenvalue weighted by Gasteiger charge is -2.09. The van der Waals surface area contributed by atoms with Gasteiger partial charge in [-0.3, -0.25) is 9.59 Å². The molecule has 1 unspecified atom stereocenters. The Kier molecular flexibility index (Phi) is 5.06. The topological polar surface area (TPSA) is 95.9 Å². The minimum atomic E-state index is -0.644. The molecule has 1 aromatic carbocycles. The van der Waals surface area contributed by atoms with E-state index < -0.39 is 11.7 Å². The van der Waals surface area contributed by atoms with E-state index in [0.717, 1.165) is 12.8 Å². The van der Waals surface area contributed by atoms with Gasteiger partial charge in [0.25, 0.3) is 11.8 Å². The zero-order valence-electron chi connectivity index (χ0n) is 14.7. The summed E-state index contributed by atoms with van der Waals surface area (Å²) in [7, 11) is 0.